The van der Waals surface area contributed by atoms with Crippen LogP contribution in [0.1, 0.15) is 16.8 Å². The normalized spacial score (nSPS) is 11.1. The lowest BCUT2D eigenvalue weighted by Gasteiger charge is -2.10. The summed E-state index contributed by atoms with van der Waals surface area (Å²) in [4.78, 5) is 12.3. The molecule has 0 atom stereocenters. The van der Waals surface area contributed by atoms with Crippen molar-refractivity contribution in [2.24, 2.45) is 5.73 Å². The van der Waals surface area contributed by atoms with Gasteiger partial charge >= 0.3 is 0 Å². The fourth-order valence-corrected chi connectivity index (χ4v) is 2.46. The summed E-state index contributed by atoms with van der Waals surface area (Å²) in [7, 11) is 0. The number of aromatic nitrogens is 3. The molecule has 2 heterocycles. The van der Waals surface area contributed by atoms with Crippen molar-refractivity contribution in [2.45, 2.75) is 6.92 Å². The summed E-state index contributed by atoms with van der Waals surface area (Å²) in [5.41, 5.74) is 9.44. The zero-order valence-corrected chi connectivity index (χ0v) is 13.5. The second kappa shape index (κ2) is 6.76. The van der Waals surface area contributed by atoms with Crippen LogP contribution in [0, 0.1) is 23.7 Å². The lowest BCUT2D eigenvalue weighted by atomic mass is 10.0. The van der Waals surface area contributed by atoms with Gasteiger partial charge in [-0.2, -0.15) is 5.26 Å². The van der Waals surface area contributed by atoms with E-state index in [0.717, 1.165) is 22.0 Å². The predicted molar refractivity (Wildman–Crippen MR) is 96.7 cm³/mol. The highest BCUT2D eigenvalue weighted by molar-refractivity contribution is 6.07. The molecule has 4 N–H and O–H groups in total. The molecule has 0 fully saturated rings. The van der Waals surface area contributed by atoms with Crippen molar-refractivity contribution in [3.63, 3.8) is 0 Å². The summed E-state index contributed by atoms with van der Waals surface area (Å²) in [6.07, 6.45) is 5.95. The molecule has 0 radical (unpaired) electrons. The number of rotatable bonds is 3. The molecule has 0 saturated carbocycles. The van der Waals surface area contributed by atoms with Crippen LogP contribution in [0.15, 0.2) is 48.9 Å². The number of benzene rings is 1. The zero-order chi connectivity index (χ0) is 17.8. The number of pyridine rings is 1. The van der Waals surface area contributed by atoms with Crippen LogP contribution in [0.2, 0.25) is 0 Å². The third kappa shape index (κ3) is 3.43. The molecule has 0 amide bonds. The van der Waals surface area contributed by atoms with E-state index in [0.29, 0.717) is 11.5 Å². The van der Waals surface area contributed by atoms with E-state index in [9.17, 15) is 0 Å². The minimum atomic E-state index is 0.0591. The Kier molecular flexibility index (Phi) is 4.35. The minimum Gasteiger partial charge on any atom is -0.398 e. The lowest BCUT2D eigenvalue weighted by molar-refractivity contribution is 1.17. The van der Waals surface area contributed by atoms with E-state index in [2.05, 4.69) is 20.3 Å². The van der Waals surface area contributed by atoms with Gasteiger partial charge in [-0.05, 0) is 18.6 Å². The van der Waals surface area contributed by atoms with Gasteiger partial charge in [-0.15, -0.1) is 0 Å². The SMILES string of the molecule is Cc1ccc2cccnc2c1/C(N)=C/C(=N)Nc1cnc(C#N)cn1. The molecule has 0 unspecified atom stereocenters. The molecule has 0 spiro atoms. The summed E-state index contributed by atoms with van der Waals surface area (Å²) < 4.78 is 0. The monoisotopic (exact) mass is 329 g/mol. The van der Waals surface area contributed by atoms with Crippen LogP contribution >= 0.6 is 0 Å². The molecule has 1 aromatic carbocycles. The van der Waals surface area contributed by atoms with Gasteiger partial charge in [-0.25, -0.2) is 9.97 Å². The zero-order valence-electron chi connectivity index (χ0n) is 13.5. The van der Waals surface area contributed by atoms with Crippen LogP contribution in [-0.4, -0.2) is 20.8 Å². The molecule has 25 heavy (non-hydrogen) atoms. The third-order valence-electron chi connectivity index (χ3n) is 3.60. The summed E-state index contributed by atoms with van der Waals surface area (Å²) in [5.74, 6) is 0.421. The number of nitriles is 1. The number of fused-ring (bicyclic) bond motifs is 1. The largest absolute Gasteiger partial charge is 0.398 e. The van der Waals surface area contributed by atoms with Gasteiger partial charge in [0.25, 0.3) is 0 Å². The molecule has 3 aromatic rings. The van der Waals surface area contributed by atoms with Crippen LogP contribution in [0.5, 0.6) is 0 Å². The highest BCUT2D eigenvalue weighted by Gasteiger charge is 2.09. The van der Waals surface area contributed by atoms with E-state index in [4.69, 9.17) is 16.4 Å². The Bertz CT molecular complexity index is 1010. The molecule has 0 saturated heterocycles. The van der Waals surface area contributed by atoms with Crippen LogP contribution in [0.25, 0.3) is 16.6 Å². The van der Waals surface area contributed by atoms with E-state index in [-0.39, 0.29) is 11.5 Å². The van der Waals surface area contributed by atoms with E-state index < -0.39 is 0 Å². The standard InChI is InChI=1S/C18H15N7/c1-11-4-5-12-3-2-6-22-18(12)17(11)14(20)7-15(21)25-16-10-23-13(8-19)9-24-16/h2-7,9-10H,20H2,1H3,(H2,21,24,25)/b14-7-. The fourth-order valence-electron chi connectivity index (χ4n) is 2.46. The molecule has 7 heteroatoms. The number of nitrogens with one attached hydrogen (secondary N) is 2. The van der Waals surface area contributed by atoms with E-state index in [1.807, 2.05) is 37.3 Å². The maximum atomic E-state index is 8.72. The van der Waals surface area contributed by atoms with Gasteiger partial charge in [0.1, 0.15) is 17.7 Å². The van der Waals surface area contributed by atoms with Crippen LogP contribution < -0.4 is 11.1 Å². The van der Waals surface area contributed by atoms with Crippen molar-refractivity contribution in [1.29, 1.82) is 10.7 Å². The minimum absolute atomic E-state index is 0.0591. The maximum absolute atomic E-state index is 8.72. The summed E-state index contributed by atoms with van der Waals surface area (Å²) >= 11 is 0. The molecule has 2 aromatic heterocycles. The quantitative estimate of drug-likeness (QED) is 0.501. The summed E-state index contributed by atoms with van der Waals surface area (Å²) in [6.45, 7) is 1.95. The molecule has 7 nitrogen and oxygen atoms in total. The van der Waals surface area contributed by atoms with Crippen LogP contribution in [0.3, 0.4) is 0 Å². The first-order valence-electron chi connectivity index (χ1n) is 7.48. The van der Waals surface area contributed by atoms with Crippen molar-refractivity contribution in [3.8, 4) is 6.07 Å². The maximum Gasteiger partial charge on any atom is 0.158 e. The molecule has 0 aliphatic carbocycles. The number of hydrogen-bond acceptors (Lipinski definition) is 6. The fraction of sp³-hybridized carbons (Fsp3) is 0.0556. The Morgan fingerprint density at radius 1 is 1.24 bits per heavy atom. The Labute approximate surface area is 144 Å². The predicted octanol–water partition coefficient (Wildman–Crippen LogP) is 2.59. The van der Waals surface area contributed by atoms with Crippen LogP contribution in [0.4, 0.5) is 5.82 Å². The Hall–Kier alpha value is -3.79. The molecule has 122 valence electrons. The van der Waals surface area contributed by atoms with Gasteiger partial charge < -0.3 is 11.1 Å². The average Bonchev–Trinajstić information content (AvgIpc) is 2.62. The number of nitrogens with zero attached hydrogens (tertiary/aromatic N) is 4. The number of hydrogen-bond donors (Lipinski definition) is 3. The van der Waals surface area contributed by atoms with E-state index in [1.54, 1.807) is 6.20 Å². The second-order valence-corrected chi connectivity index (χ2v) is 5.37. The Morgan fingerprint density at radius 3 is 2.80 bits per heavy atom. The first-order valence-corrected chi connectivity index (χ1v) is 7.48. The van der Waals surface area contributed by atoms with E-state index in [1.165, 1.54) is 18.5 Å². The van der Waals surface area contributed by atoms with Gasteiger partial charge in [0.05, 0.1) is 17.9 Å². The molecule has 0 aliphatic rings. The van der Waals surface area contributed by atoms with Gasteiger partial charge in [0.15, 0.2) is 5.69 Å². The second-order valence-electron chi connectivity index (χ2n) is 5.37. The number of amidine groups is 1. The van der Waals surface area contributed by atoms with Gasteiger partial charge in [-0.3, -0.25) is 10.4 Å². The van der Waals surface area contributed by atoms with Gasteiger partial charge in [0, 0.05) is 28.9 Å². The van der Waals surface area contributed by atoms with Crippen molar-refractivity contribution >= 4 is 28.3 Å². The third-order valence-corrected chi connectivity index (χ3v) is 3.60. The molecule has 3 rings (SSSR count). The smallest absolute Gasteiger partial charge is 0.158 e. The Morgan fingerprint density at radius 2 is 2.08 bits per heavy atom. The highest BCUT2D eigenvalue weighted by atomic mass is 15.0. The first-order chi connectivity index (χ1) is 12.1. The molecule has 0 bridgehead atoms. The number of anilines is 1. The average molecular weight is 329 g/mol. The Balaban J connectivity index is 1.89. The number of nitrogens with two attached hydrogens (primary N) is 1. The highest BCUT2D eigenvalue weighted by Crippen LogP contribution is 2.24. The van der Waals surface area contributed by atoms with Gasteiger partial charge in [-0.1, -0.05) is 18.2 Å². The van der Waals surface area contributed by atoms with Crippen molar-refractivity contribution in [2.75, 3.05) is 5.32 Å². The number of aryl methyl sites for hydroxylation is 1. The molecule has 0 aliphatic heterocycles. The first kappa shape index (κ1) is 16.1. The van der Waals surface area contributed by atoms with Crippen LogP contribution in [-0.2, 0) is 0 Å². The summed E-state index contributed by atoms with van der Waals surface area (Å²) in [5, 5.41) is 20.6. The van der Waals surface area contributed by atoms with E-state index >= 15 is 0 Å². The van der Waals surface area contributed by atoms with Crippen molar-refractivity contribution in [3.05, 3.63) is 65.8 Å². The van der Waals surface area contributed by atoms with Crippen molar-refractivity contribution < 1.29 is 0 Å². The van der Waals surface area contributed by atoms with Crippen molar-refractivity contribution in [1.82, 2.24) is 15.0 Å². The van der Waals surface area contributed by atoms with Gasteiger partial charge in [0.2, 0.25) is 0 Å². The topological polar surface area (TPSA) is 124 Å². The molecular formula is C18H15N7. The lowest BCUT2D eigenvalue weighted by Crippen LogP contribution is -2.12. The molecular weight excluding hydrogens is 314 g/mol. The summed E-state index contributed by atoms with van der Waals surface area (Å²) in [6, 6.07) is 9.69.